The Morgan fingerprint density at radius 2 is 2.12 bits per heavy atom. The van der Waals surface area contributed by atoms with Crippen molar-refractivity contribution in [3.8, 4) is 0 Å². The van der Waals surface area contributed by atoms with Crippen LogP contribution in [0.4, 0.5) is 4.39 Å². The SMILES string of the molecule is CNCc1cccn1Cc1c(F)cccc1Cl. The molecular formula is C13H14ClFN2. The Labute approximate surface area is 105 Å². The van der Waals surface area contributed by atoms with Crippen LogP contribution in [0.5, 0.6) is 0 Å². The van der Waals surface area contributed by atoms with Crippen LogP contribution in [-0.2, 0) is 13.1 Å². The van der Waals surface area contributed by atoms with Crippen LogP contribution >= 0.6 is 11.6 Å². The van der Waals surface area contributed by atoms with Crippen LogP contribution in [-0.4, -0.2) is 11.6 Å². The molecule has 0 atom stereocenters. The maximum atomic E-state index is 13.6. The van der Waals surface area contributed by atoms with Gasteiger partial charge < -0.3 is 9.88 Å². The second-order valence-corrected chi connectivity index (χ2v) is 4.27. The fraction of sp³-hybridized carbons (Fsp3) is 0.231. The van der Waals surface area contributed by atoms with Crippen LogP contribution in [0, 0.1) is 5.82 Å². The van der Waals surface area contributed by atoms with Gasteiger partial charge in [0.25, 0.3) is 0 Å². The van der Waals surface area contributed by atoms with Gasteiger partial charge in [0.15, 0.2) is 0 Å². The van der Waals surface area contributed by atoms with Gasteiger partial charge in [0.1, 0.15) is 5.82 Å². The van der Waals surface area contributed by atoms with Crippen LogP contribution in [0.15, 0.2) is 36.5 Å². The van der Waals surface area contributed by atoms with Gasteiger partial charge in [0.05, 0.1) is 6.54 Å². The van der Waals surface area contributed by atoms with Crippen molar-refractivity contribution in [2.24, 2.45) is 0 Å². The number of rotatable bonds is 4. The molecule has 2 nitrogen and oxygen atoms in total. The highest BCUT2D eigenvalue weighted by atomic mass is 35.5. The summed E-state index contributed by atoms with van der Waals surface area (Å²) >= 11 is 6.01. The Balaban J connectivity index is 2.28. The van der Waals surface area contributed by atoms with Crippen LogP contribution < -0.4 is 5.32 Å². The first-order chi connectivity index (χ1) is 8.22. The molecule has 0 amide bonds. The Morgan fingerprint density at radius 1 is 1.29 bits per heavy atom. The van der Waals surface area contributed by atoms with Crippen molar-refractivity contribution in [2.75, 3.05) is 7.05 Å². The third-order valence-corrected chi connectivity index (χ3v) is 3.03. The largest absolute Gasteiger partial charge is 0.346 e. The second-order valence-electron chi connectivity index (χ2n) is 3.86. The summed E-state index contributed by atoms with van der Waals surface area (Å²) in [6.45, 7) is 1.20. The molecule has 1 N–H and O–H groups in total. The molecule has 0 aliphatic rings. The number of benzene rings is 1. The lowest BCUT2D eigenvalue weighted by atomic mass is 10.2. The molecule has 0 unspecified atom stereocenters. The lowest BCUT2D eigenvalue weighted by Crippen LogP contribution is -2.12. The zero-order valence-electron chi connectivity index (χ0n) is 9.58. The standard InChI is InChI=1S/C13H14ClFN2/c1-16-8-10-4-3-7-17(10)9-11-12(14)5-2-6-13(11)15/h2-7,16H,8-9H2,1H3. The smallest absolute Gasteiger partial charge is 0.129 e. The molecule has 0 saturated carbocycles. The van der Waals surface area contributed by atoms with Crippen molar-refractivity contribution in [3.63, 3.8) is 0 Å². The van der Waals surface area contributed by atoms with Crippen molar-refractivity contribution in [3.05, 3.63) is 58.6 Å². The molecule has 2 rings (SSSR count). The fourth-order valence-corrected chi connectivity index (χ4v) is 2.02. The minimum Gasteiger partial charge on any atom is -0.346 e. The molecule has 1 aromatic heterocycles. The maximum absolute atomic E-state index is 13.6. The summed E-state index contributed by atoms with van der Waals surface area (Å²) < 4.78 is 15.6. The topological polar surface area (TPSA) is 17.0 Å². The molecular weight excluding hydrogens is 239 g/mol. The van der Waals surface area contributed by atoms with Crippen LogP contribution in [0.2, 0.25) is 5.02 Å². The molecule has 0 bridgehead atoms. The summed E-state index contributed by atoms with van der Waals surface area (Å²) in [6.07, 6.45) is 1.93. The van der Waals surface area contributed by atoms with Gasteiger partial charge in [-0.1, -0.05) is 17.7 Å². The van der Waals surface area contributed by atoms with Crippen LogP contribution in [0.25, 0.3) is 0 Å². The summed E-state index contributed by atoms with van der Waals surface area (Å²) in [5, 5.41) is 3.54. The number of nitrogens with zero attached hydrogens (tertiary/aromatic N) is 1. The molecule has 0 spiro atoms. The van der Waals surface area contributed by atoms with Gasteiger partial charge in [-0.15, -0.1) is 0 Å². The molecule has 0 saturated heterocycles. The maximum Gasteiger partial charge on any atom is 0.129 e. The third kappa shape index (κ3) is 2.68. The van der Waals surface area contributed by atoms with Gasteiger partial charge in [-0.2, -0.15) is 0 Å². The Kier molecular flexibility index (Phi) is 3.82. The lowest BCUT2D eigenvalue weighted by Gasteiger charge is -2.11. The third-order valence-electron chi connectivity index (χ3n) is 2.67. The average molecular weight is 253 g/mol. The minimum absolute atomic E-state index is 0.262. The highest BCUT2D eigenvalue weighted by Crippen LogP contribution is 2.20. The summed E-state index contributed by atoms with van der Waals surface area (Å²) in [5.74, 6) is -0.262. The lowest BCUT2D eigenvalue weighted by molar-refractivity contribution is 0.593. The summed E-state index contributed by atoms with van der Waals surface area (Å²) in [5.41, 5.74) is 1.63. The van der Waals surface area contributed by atoms with Gasteiger partial charge in [-0.05, 0) is 31.3 Å². The summed E-state index contributed by atoms with van der Waals surface area (Å²) in [6, 6.07) is 8.71. The summed E-state index contributed by atoms with van der Waals surface area (Å²) in [7, 11) is 1.88. The van der Waals surface area contributed by atoms with E-state index in [4.69, 9.17) is 11.6 Å². The minimum atomic E-state index is -0.262. The molecule has 17 heavy (non-hydrogen) atoms. The fourth-order valence-electron chi connectivity index (χ4n) is 1.80. The molecule has 90 valence electrons. The number of hydrogen-bond acceptors (Lipinski definition) is 1. The molecule has 0 aliphatic heterocycles. The van der Waals surface area contributed by atoms with E-state index >= 15 is 0 Å². The van der Waals surface area contributed by atoms with Gasteiger partial charge in [0, 0.05) is 29.0 Å². The van der Waals surface area contributed by atoms with Gasteiger partial charge in [0.2, 0.25) is 0 Å². The molecule has 1 aromatic carbocycles. The van der Waals surface area contributed by atoms with Gasteiger partial charge in [-0.25, -0.2) is 4.39 Å². The number of nitrogens with one attached hydrogen (secondary N) is 1. The van der Waals surface area contributed by atoms with Crippen LogP contribution in [0.3, 0.4) is 0 Å². The zero-order chi connectivity index (χ0) is 12.3. The normalized spacial score (nSPS) is 10.8. The zero-order valence-corrected chi connectivity index (χ0v) is 10.3. The Morgan fingerprint density at radius 3 is 2.82 bits per heavy atom. The highest BCUT2D eigenvalue weighted by molar-refractivity contribution is 6.31. The van der Waals surface area contributed by atoms with Gasteiger partial charge in [-0.3, -0.25) is 0 Å². The van der Waals surface area contributed by atoms with E-state index in [1.807, 2.05) is 29.9 Å². The predicted molar refractivity (Wildman–Crippen MR) is 67.7 cm³/mol. The first kappa shape index (κ1) is 12.1. The van der Waals surface area contributed by atoms with E-state index in [1.54, 1.807) is 12.1 Å². The van der Waals surface area contributed by atoms with E-state index in [-0.39, 0.29) is 5.82 Å². The molecule has 2 aromatic rings. The number of hydrogen-bond donors (Lipinski definition) is 1. The molecule has 0 fully saturated rings. The monoisotopic (exact) mass is 252 g/mol. The molecule has 1 heterocycles. The predicted octanol–water partition coefficient (Wildman–Crippen LogP) is 3.05. The first-order valence-electron chi connectivity index (χ1n) is 5.44. The van der Waals surface area contributed by atoms with Crippen LogP contribution in [0.1, 0.15) is 11.3 Å². The highest BCUT2D eigenvalue weighted by Gasteiger charge is 2.08. The molecule has 4 heteroatoms. The van der Waals surface area contributed by atoms with E-state index in [2.05, 4.69) is 5.32 Å². The van der Waals surface area contributed by atoms with Crippen molar-refractivity contribution in [1.82, 2.24) is 9.88 Å². The van der Waals surface area contributed by atoms with Crippen molar-refractivity contribution >= 4 is 11.6 Å². The van der Waals surface area contributed by atoms with Crippen molar-refractivity contribution < 1.29 is 4.39 Å². The molecule has 0 radical (unpaired) electrons. The van der Waals surface area contributed by atoms with Crippen molar-refractivity contribution in [2.45, 2.75) is 13.1 Å². The van der Waals surface area contributed by atoms with E-state index < -0.39 is 0 Å². The van der Waals surface area contributed by atoms with E-state index in [0.29, 0.717) is 17.1 Å². The Bertz CT molecular complexity index is 488. The summed E-state index contributed by atoms with van der Waals surface area (Å²) in [4.78, 5) is 0. The van der Waals surface area contributed by atoms with E-state index in [9.17, 15) is 4.39 Å². The quantitative estimate of drug-likeness (QED) is 0.885. The van der Waals surface area contributed by atoms with E-state index in [1.165, 1.54) is 6.07 Å². The molecule has 0 aliphatic carbocycles. The Hall–Kier alpha value is -1.32. The number of halogens is 2. The van der Waals surface area contributed by atoms with Crippen molar-refractivity contribution in [1.29, 1.82) is 0 Å². The van der Waals surface area contributed by atoms with Gasteiger partial charge >= 0.3 is 0 Å². The van der Waals surface area contributed by atoms with E-state index in [0.717, 1.165) is 12.2 Å². The second kappa shape index (κ2) is 5.34. The first-order valence-corrected chi connectivity index (χ1v) is 5.81. The number of aromatic nitrogens is 1. The average Bonchev–Trinajstić information content (AvgIpc) is 2.72.